The van der Waals surface area contributed by atoms with Crippen LogP contribution in [-0.2, 0) is 32.2 Å². The van der Waals surface area contributed by atoms with Crippen LogP contribution in [0.5, 0.6) is 0 Å². The van der Waals surface area contributed by atoms with E-state index >= 15 is 0 Å². The number of rotatable bonds is 7. The number of hydrogen-bond acceptors (Lipinski definition) is 7. The van der Waals surface area contributed by atoms with Gasteiger partial charge < -0.3 is 24.2 Å². The van der Waals surface area contributed by atoms with Crippen molar-refractivity contribution in [2.75, 3.05) is 37.7 Å². The molecule has 4 heterocycles. The first-order valence-electron chi connectivity index (χ1n) is 15.0. The van der Waals surface area contributed by atoms with Crippen molar-refractivity contribution >= 4 is 29.5 Å². The third-order valence-electron chi connectivity index (χ3n) is 8.99. The van der Waals surface area contributed by atoms with Gasteiger partial charge in [0.25, 0.3) is 5.91 Å². The minimum absolute atomic E-state index is 0.143. The molecule has 1 unspecified atom stereocenters. The summed E-state index contributed by atoms with van der Waals surface area (Å²) in [5.74, 6) is -0.380. The maximum absolute atomic E-state index is 13.2. The normalized spacial score (nSPS) is 21.9. The minimum atomic E-state index is -0.610. The summed E-state index contributed by atoms with van der Waals surface area (Å²) in [6, 6.07) is 14.9. The Balaban J connectivity index is 0.946. The number of nitrogens with one attached hydrogen (secondary N) is 1. The zero-order valence-corrected chi connectivity index (χ0v) is 23.8. The molecule has 0 saturated carbocycles. The number of fused-ring (bicyclic) bond motifs is 1. The highest BCUT2D eigenvalue weighted by Crippen LogP contribution is 2.35. The summed E-state index contributed by atoms with van der Waals surface area (Å²) in [4.78, 5) is 55.4. The summed E-state index contributed by atoms with van der Waals surface area (Å²) in [6.45, 7) is 4.42. The fraction of sp³-hybridized carbons (Fsp3) is 0.500. The molecule has 0 radical (unpaired) electrons. The maximum atomic E-state index is 13.2. The molecule has 0 bridgehead atoms. The Bertz CT molecular complexity index is 1320. The molecule has 0 aromatic heterocycles. The highest BCUT2D eigenvalue weighted by molar-refractivity contribution is 6.06. The highest BCUT2D eigenvalue weighted by Gasteiger charge is 2.40. The lowest BCUT2D eigenvalue weighted by Gasteiger charge is -2.36. The number of carbonyl (C=O) groups is 4. The Kier molecular flexibility index (Phi) is 8.41. The van der Waals surface area contributed by atoms with Crippen LogP contribution in [0.3, 0.4) is 0 Å². The fourth-order valence-corrected chi connectivity index (χ4v) is 6.49. The summed E-state index contributed by atoms with van der Waals surface area (Å²) in [5.41, 5.74) is 3.63. The standard InChI is InChI=1S/C32H38N4O6/c37-29-10-9-28(30(38)33-29)36-19-26-25(31(36)39)7-4-8-27(26)34-17-13-24(14-18-34)41-20-23-11-15-35(16-12-23)32(40)42-21-22-5-2-1-3-6-22/h1-8,23-24,28H,9-21H2,(H,33,37,38). The zero-order chi connectivity index (χ0) is 29.1. The summed E-state index contributed by atoms with van der Waals surface area (Å²) < 4.78 is 11.8. The van der Waals surface area contributed by atoms with Crippen LogP contribution in [-0.4, -0.2) is 78.5 Å². The molecule has 2 aromatic carbocycles. The SMILES string of the molecule is O=C1CCC(N2Cc3c(cccc3N3CCC(OCC4CCN(C(=O)OCc5ccccc5)CC4)CC3)C2=O)C(=O)N1. The van der Waals surface area contributed by atoms with Crippen LogP contribution in [0.4, 0.5) is 10.5 Å². The van der Waals surface area contributed by atoms with Gasteiger partial charge in [0.15, 0.2) is 0 Å². The van der Waals surface area contributed by atoms with Crippen molar-refractivity contribution in [3.63, 3.8) is 0 Å². The summed E-state index contributed by atoms with van der Waals surface area (Å²) >= 11 is 0. The highest BCUT2D eigenvalue weighted by atomic mass is 16.6. The van der Waals surface area contributed by atoms with Crippen molar-refractivity contribution in [2.24, 2.45) is 5.92 Å². The molecule has 222 valence electrons. The molecule has 3 fully saturated rings. The Labute approximate surface area is 245 Å². The molecule has 0 aliphatic carbocycles. The van der Waals surface area contributed by atoms with Gasteiger partial charge in [-0.3, -0.25) is 19.7 Å². The van der Waals surface area contributed by atoms with E-state index in [4.69, 9.17) is 9.47 Å². The van der Waals surface area contributed by atoms with Crippen LogP contribution >= 0.6 is 0 Å². The van der Waals surface area contributed by atoms with Crippen molar-refractivity contribution in [3.8, 4) is 0 Å². The van der Waals surface area contributed by atoms with Gasteiger partial charge in [0, 0.05) is 62.6 Å². The monoisotopic (exact) mass is 574 g/mol. The molecule has 1 atom stereocenters. The van der Waals surface area contributed by atoms with Gasteiger partial charge in [-0.2, -0.15) is 0 Å². The molecule has 6 rings (SSSR count). The van der Waals surface area contributed by atoms with Gasteiger partial charge in [-0.15, -0.1) is 0 Å². The molecular weight excluding hydrogens is 536 g/mol. The third-order valence-corrected chi connectivity index (χ3v) is 8.99. The molecule has 42 heavy (non-hydrogen) atoms. The smallest absolute Gasteiger partial charge is 0.410 e. The number of piperidine rings is 3. The van der Waals surface area contributed by atoms with E-state index in [2.05, 4.69) is 16.3 Å². The molecule has 4 aliphatic heterocycles. The molecule has 3 saturated heterocycles. The first-order valence-corrected chi connectivity index (χ1v) is 15.0. The van der Waals surface area contributed by atoms with Gasteiger partial charge in [0.05, 0.1) is 6.10 Å². The minimum Gasteiger partial charge on any atom is -0.445 e. The van der Waals surface area contributed by atoms with Crippen molar-refractivity contribution in [1.29, 1.82) is 0 Å². The van der Waals surface area contributed by atoms with E-state index in [9.17, 15) is 19.2 Å². The van der Waals surface area contributed by atoms with E-state index in [1.165, 1.54) is 0 Å². The molecule has 10 heteroatoms. The van der Waals surface area contributed by atoms with E-state index in [0.717, 1.165) is 55.6 Å². The van der Waals surface area contributed by atoms with E-state index in [-0.39, 0.29) is 36.3 Å². The molecule has 0 spiro atoms. The summed E-state index contributed by atoms with van der Waals surface area (Å²) in [5, 5.41) is 2.37. The number of amides is 4. The number of ether oxygens (including phenoxy) is 2. The van der Waals surface area contributed by atoms with Gasteiger partial charge in [0.1, 0.15) is 12.6 Å². The Morgan fingerprint density at radius 1 is 0.881 bits per heavy atom. The van der Waals surface area contributed by atoms with Crippen LogP contribution < -0.4 is 10.2 Å². The molecule has 4 aliphatic rings. The summed E-state index contributed by atoms with van der Waals surface area (Å²) in [7, 11) is 0. The number of nitrogens with zero attached hydrogens (tertiary/aromatic N) is 3. The average Bonchev–Trinajstić information content (AvgIpc) is 3.36. The average molecular weight is 575 g/mol. The second kappa shape index (κ2) is 12.5. The predicted molar refractivity (Wildman–Crippen MR) is 155 cm³/mol. The topological polar surface area (TPSA) is 108 Å². The van der Waals surface area contributed by atoms with Crippen molar-refractivity contribution in [2.45, 2.75) is 63.8 Å². The van der Waals surface area contributed by atoms with E-state index in [1.54, 1.807) is 9.80 Å². The first-order chi connectivity index (χ1) is 20.5. The maximum Gasteiger partial charge on any atom is 0.410 e. The van der Waals surface area contributed by atoms with Crippen molar-refractivity contribution in [1.82, 2.24) is 15.1 Å². The van der Waals surface area contributed by atoms with Gasteiger partial charge >= 0.3 is 6.09 Å². The molecular formula is C32H38N4O6. The molecule has 1 N–H and O–H groups in total. The third kappa shape index (κ3) is 6.13. The van der Waals surface area contributed by atoms with Crippen LogP contribution in [0.25, 0.3) is 0 Å². The Morgan fingerprint density at radius 3 is 2.38 bits per heavy atom. The lowest BCUT2D eigenvalue weighted by atomic mass is 9.97. The number of carbonyl (C=O) groups excluding carboxylic acids is 4. The second-order valence-corrected chi connectivity index (χ2v) is 11.7. The van der Waals surface area contributed by atoms with E-state index < -0.39 is 6.04 Å². The largest absolute Gasteiger partial charge is 0.445 e. The number of imide groups is 1. The Morgan fingerprint density at radius 2 is 1.64 bits per heavy atom. The lowest BCUT2D eigenvalue weighted by molar-refractivity contribution is -0.136. The van der Waals surface area contributed by atoms with Gasteiger partial charge in [-0.05, 0) is 55.7 Å². The Hall–Kier alpha value is -3.92. The summed E-state index contributed by atoms with van der Waals surface area (Å²) in [6.07, 6.45) is 4.17. The molecule has 10 nitrogen and oxygen atoms in total. The number of likely N-dealkylation sites (tertiary alicyclic amines) is 1. The van der Waals surface area contributed by atoms with Crippen molar-refractivity contribution < 1.29 is 28.7 Å². The van der Waals surface area contributed by atoms with Crippen LogP contribution in [0.15, 0.2) is 48.5 Å². The van der Waals surface area contributed by atoms with E-state index in [1.807, 2.05) is 42.5 Å². The van der Waals surface area contributed by atoms with Crippen LogP contribution in [0, 0.1) is 5.92 Å². The number of anilines is 1. The fourth-order valence-electron chi connectivity index (χ4n) is 6.49. The van der Waals surface area contributed by atoms with Gasteiger partial charge in [0.2, 0.25) is 11.8 Å². The van der Waals surface area contributed by atoms with E-state index in [0.29, 0.717) is 50.8 Å². The quantitative estimate of drug-likeness (QED) is 0.505. The number of hydrogen-bond donors (Lipinski definition) is 1. The van der Waals surface area contributed by atoms with Crippen LogP contribution in [0.2, 0.25) is 0 Å². The van der Waals surface area contributed by atoms with Gasteiger partial charge in [-0.1, -0.05) is 36.4 Å². The zero-order valence-electron chi connectivity index (χ0n) is 23.8. The number of benzene rings is 2. The molecule has 4 amide bonds. The lowest BCUT2D eigenvalue weighted by Crippen LogP contribution is -2.52. The second-order valence-electron chi connectivity index (χ2n) is 11.7. The molecule has 2 aromatic rings. The van der Waals surface area contributed by atoms with Crippen LogP contribution in [0.1, 0.15) is 60.0 Å². The predicted octanol–water partition coefficient (Wildman–Crippen LogP) is 3.48. The van der Waals surface area contributed by atoms with Crippen molar-refractivity contribution in [3.05, 3.63) is 65.2 Å². The first kappa shape index (κ1) is 28.2. The van der Waals surface area contributed by atoms with Gasteiger partial charge in [-0.25, -0.2) is 4.79 Å².